The number of aryl methyl sites for hydroxylation is 1. The zero-order chi connectivity index (χ0) is 60.1. The lowest BCUT2D eigenvalue weighted by Crippen LogP contribution is -2.62. The van der Waals surface area contributed by atoms with Crippen LogP contribution in [0.15, 0.2) is 114 Å². The van der Waals surface area contributed by atoms with Crippen molar-refractivity contribution in [3.05, 3.63) is 159 Å². The molecule has 0 radical (unpaired) electrons. The molecule has 4 aliphatic rings. The fourth-order valence-electron chi connectivity index (χ4n) is 14.6. The third-order valence-electron chi connectivity index (χ3n) is 18.9. The van der Waals surface area contributed by atoms with E-state index in [0.29, 0.717) is 38.0 Å². The van der Waals surface area contributed by atoms with Crippen molar-refractivity contribution in [2.75, 3.05) is 52.5 Å². The monoisotopic (exact) mass is 1170 g/mol. The van der Waals surface area contributed by atoms with Crippen LogP contribution in [0.3, 0.4) is 0 Å². The SMILES string of the molecule is Cc1cc(C(=O)NCCNCCNC(=O)c2ccc(C(=O)NCCOCCNC(=O)C[C@@H](C)C3CCC4C5C(C[C@@H](O)[C@]43C)[C@]3(C)CC[C@H](O)CC3C[C@@H]5O)c(OCc3ccccc3)c2OCc2ccccc2)c(OCc2ccccc2)c(=O)[nH]1. The van der Waals surface area contributed by atoms with Gasteiger partial charge in [0.1, 0.15) is 19.8 Å². The Morgan fingerprint density at radius 2 is 1.13 bits per heavy atom. The molecule has 85 heavy (non-hydrogen) atoms. The Morgan fingerprint density at radius 3 is 1.69 bits per heavy atom. The Labute approximate surface area is 498 Å². The van der Waals surface area contributed by atoms with Gasteiger partial charge in [0.15, 0.2) is 17.2 Å². The average Bonchev–Trinajstić information content (AvgIpc) is 1.73. The molecule has 18 nitrogen and oxygen atoms in total. The number of ether oxygens (including phenoxy) is 4. The lowest BCUT2D eigenvalue weighted by Gasteiger charge is -2.63. The fourth-order valence-corrected chi connectivity index (χ4v) is 14.6. The van der Waals surface area contributed by atoms with Crippen LogP contribution in [-0.4, -0.2) is 115 Å². The highest BCUT2D eigenvalue weighted by atomic mass is 16.5. The van der Waals surface area contributed by atoms with Gasteiger partial charge in [0.25, 0.3) is 23.3 Å². The first-order valence-electron chi connectivity index (χ1n) is 30.4. The summed E-state index contributed by atoms with van der Waals surface area (Å²) >= 11 is 0. The Balaban J connectivity index is 0.758. The number of carbonyl (C=O) groups is 4. The normalized spacial score (nSPS) is 25.3. The number of aromatic amines is 1. The molecule has 0 spiro atoms. The molecule has 0 saturated heterocycles. The molecule has 4 amide bonds. The van der Waals surface area contributed by atoms with Gasteiger partial charge >= 0.3 is 0 Å². The summed E-state index contributed by atoms with van der Waals surface area (Å²) in [5, 5.41) is 49.1. The molecule has 1 aromatic heterocycles. The van der Waals surface area contributed by atoms with Crippen molar-refractivity contribution in [3.63, 3.8) is 0 Å². The Bertz CT molecular complexity index is 3110. The largest absolute Gasteiger partial charge is 0.484 e. The second-order valence-electron chi connectivity index (χ2n) is 24.4. The Hall–Kier alpha value is -7.09. The summed E-state index contributed by atoms with van der Waals surface area (Å²) in [6.07, 6.45) is 4.61. The number of hydrogen-bond acceptors (Lipinski definition) is 13. The molecule has 456 valence electrons. The molecule has 9 N–H and O–H groups in total. The van der Waals surface area contributed by atoms with E-state index < -0.39 is 40.9 Å². The number of amides is 4. The number of fused-ring (bicyclic) bond motifs is 5. The van der Waals surface area contributed by atoms with E-state index in [-0.39, 0.29) is 146 Å². The van der Waals surface area contributed by atoms with E-state index in [0.717, 1.165) is 48.8 Å². The zero-order valence-electron chi connectivity index (χ0n) is 49.5. The molecule has 0 aliphatic heterocycles. The van der Waals surface area contributed by atoms with Gasteiger partial charge < -0.3 is 65.8 Å². The van der Waals surface area contributed by atoms with Gasteiger partial charge in [0, 0.05) is 51.4 Å². The molecule has 5 aromatic rings. The molecule has 0 bridgehead atoms. The number of hydrogen-bond donors (Lipinski definition) is 9. The number of aromatic nitrogens is 1. The minimum Gasteiger partial charge on any atom is -0.484 e. The van der Waals surface area contributed by atoms with Crippen molar-refractivity contribution in [2.24, 2.45) is 46.3 Å². The first-order chi connectivity index (χ1) is 41.0. The summed E-state index contributed by atoms with van der Waals surface area (Å²) in [5.41, 5.74) is 2.55. The van der Waals surface area contributed by atoms with Crippen LogP contribution in [-0.2, 0) is 29.4 Å². The van der Waals surface area contributed by atoms with Crippen molar-refractivity contribution < 1.29 is 53.4 Å². The van der Waals surface area contributed by atoms with E-state index in [1.807, 2.05) is 91.0 Å². The summed E-state index contributed by atoms with van der Waals surface area (Å²) < 4.78 is 24.5. The zero-order valence-corrected chi connectivity index (χ0v) is 49.5. The number of carbonyl (C=O) groups excluding carboxylic acids is 4. The van der Waals surface area contributed by atoms with Gasteiger partial charge in [-0.15, -0.1) is 0 Å². The van der Waals surface area contributed by atoms with Crippen molar-refractivity contribution in [2.45, 2.75) is 117 Å². The molecular weight excluding hydrogens is 1080 g/mol. The van der Waals surface area contributed by atoms with Crippen LogP contribution in [0.5, 0.6) is 17.2 Å². The summed E-state index contributed by atoms with van der Waals surface area (Å²) in [5.74, 6) is -0.477. The van der Waals surface area contributed by atoms with Gasteiger partial charge in [0.05, 0.1) is 48.2 Å². The molecule has 4 aliphatic carbocycles. The smallest absolute Gasteiger partial charge is 0.291 e. The standard InChI is InChI=1S/C67H86N6O12/c1-42(52-22-23-53-58-54(38-56(76)67(52,53)4)66(3)25-24-48(74)36-47(66)37-55(58)75)34-57(77)69-30-32-82-33-31-72-63(79)50-21-20-49(59(83-39-44-14-8-5-9-15-44)60(50)84-40-45-16-10-6-11-17-45)62(78)70-28-26-68-27-29-71-64(80)51-35-43(2)73-65(81)61(51)85-41-46-18-12-7-13-19-46/h5-21,35,42,47-48,52-56,58,68,74-76H,22-34,36-41H2,1-4H3,(H,69,77)(H,70,78)(H,71,80)(H,72,79)(H,73,81)/t42-,47?,48+,52?,53?,54?,55+,56-,58?,66-,67+/m1/s1. The van der Waals surface area contributed by atoms with Gasteiger partial charge in [-0.2, -0.15) is 0 Å². The van der Waals surface area contributed by atoms with Crippen LogP contribution in [0.25, 0.3) is 0 Å². The quantitative estimate of drug-likeness (QED) is 0.0240. The first-order valence-corrected chi connectivity index (χ1v) is 30.4. The second-order valence-corrected chi connectivity index (χ2v) is 24.4. The molecule has 5 unspecified atom stereocenters. The van der Waals surface area contributed by atoms with Crippen LogP contribution in [0.4, 0.5) is 0 Å². The summed E-state index contributed by atoms with van der Waals surface area (Å²) in [6, 6.07) is 32.9. The highest BCUT2D eigenvalue weighted by Gasteiger charge is 2.65. The maximum absolute atomic E-state index is 14.1. The third-order valence-corrected chi connectivity index (χ3v) is 18.9. The minimum atomic E-state index is -0.527. The molecule has 4 fully saturated rings. The topological polar surface area (TPSA) is 259 Å². The van der Waals surface area contributed by atoms with E-state index >= 15 is 0 Å². The van der Waals surface area contributed by atoms with Gasteiger partial charge in [-0.1, -0.05) is 112 Å². The average molecular weight is 1170 g/mol. The van der Waals surface area contributed by atoms with Gasteiger partial charge in [-0.25, -0.2) is 0 Å². The Morgan fingerprint density at radius 1 is 0.612 bits per heavy atom. The molecule has 4 saturated carbocycles. The highest BCUT2D eigenvalue weighted by Crippen LogP contribution is 2.68. The van der Waals surface area contributed by atoms with Crippen LogP contribution in [0.1, 0.15) is 126 Å². The van der Waals surface area contributed by atoms with E-state index in [1.165, 1.54) is 12.1 Å². The molecule has 9 rings (SSSR count). The van der Waals surface area contributed by atoms with E-state index in [9.17, 15) is 39.3 Å². The van der Waals surface area contributed by atoms with Crippen molar-refractivity contribution in [1.82, 2.24) is 31.6 Å². The second kappa shape index (κ2) is 28.9. The van der Waals surface area contributed by atoms with Gasteiger partial charge in [-0.3, -0.25) is 24.0 Å². The number of nitrogens with one attached hydrogen (secondary N) is 6. The number of aliphatic hydroxyl groups excluding tert-OH is 3. The number of H-pyrrole nitrogens is 1. The summed E-state index contributed by atoms with van der Waals surface area (Å²) in [6.45, 7) is 10.5. The third kappa shape index (κ3) is 14.9. The predicted octanol–water partition coefficient (Wildman–Crippen LogP) is 7.02. The number of aliphatic hydroxyl groups is 3. The van der Waals surface area contributed by atoms with E-state index in [1.54, 1.807) is 13.0 Å². The van der Waals surface area contributed by atoms with Gasteiger partial charge in [0.2, 0.25) is 5.91 Å². The van der Waals surface area contributed by atoms with Crippen molar-refractivity contribution >= 4 is 23.6 Å². The molecule has 18 heteroatoms. The maximum atomic E-state index is 14.1. The van der Waals surface area contributed by atoms with E-state index in [4.69, 9.17) is 18.9 Å². The molecule has 4 aromatic carbocycles. The van der Waals surface area contributed by atoms with E-state index in [2.05, 4.69) is 52.3 Å². The first kappa shape index (κ1) is 62.4. The fraction of sp³-hybridized carbons (Fsp3) is 0.507. The van der Waals surface area contributed by atoms with Crippen LogP contribution < -0.4 is 46.4 Å². The number of rotatable bonds is 27. The van der Waals surface area contributed by atoms with Crippen LogP contribution in [0, 0.1) is 53.3 Å². The van der Waals surface area contributed by atoms with Gasteiger partial charge in [-0.05, 0) is 133 Å². The molecular formula is C67H86N6O12. The van der Waals surface area contributed by atoms with Crippen LogP contribution in [0.2, 0.25) is 0 Å². The number of pyridine rings is 1. The minimum absolute atomic E-state index is 0.00341. The predicted molar refractivity (Wildman–Crippen MR) is 322 cm³/mol. The highest BCUT2D eigenvalue weighted by molar-refractivity contribution is 6.03. The lowest BCUT2D eigenvalue weighted by atomic mass is 9.43. The molecule has 11 atom stereocenters. The lowest BCUT2D eigenvalue weighted by molar-refractivity contribution is -0.207. The number of benzene rings is 4. The maximum Gasteiger partial charge on any atom is 0.291 e. The van der Waals surface area contributed by atoms with Crippen molar-refractivity contribution in [1.29, 1.82) is 0 Å². The summed E-state index contributed by atoms with van der Waals surface area (Å²) in [4.78, 5) is 70.3. The molecule has 1 heterocycles. The van der Waals surface area contributed by atoms with Crippen molar-refractivity contribution in [3.8, 4) is 17.2 Å². The Kier molecular flexibility index (Phi) is 21.2. The van der Waals surface area contributed by atoms with Crippen LogP contribution >= 0.6 is 0 Å². The summed E-state index contributed by atoms with van der Waals surface area (Å²) in [7, 11) is 0.